The molecular formula is C13H20BrNO2. The van der Waals surface area contributed by atoms with Gasteiger partial charge >= 0.3 is 0 Å². The summed E-state index contributed by atoms with van der Waals surface area (Å²) in [5, 5.41) is 12.1. The third kappa shape index (κ3) is 5.52. The first-order valence-electron chi connectivity index (χ1n) is 5.69. The molecule has 4 heteroatoms. The van der Waals surface area contributed by atoms with Gasteiger partial charge in [-0.1, -0.05) is 6.07 Å². The van der Waals surface area contributed by atoms with Gasteiger partial charge in [-0.05, 0) is 54.4 Å². The van der Waals surface area contributed by atoms with E-state index in [0.717, 1.165) is 16.8 Å². The second kappa shape index (κ2) is 6.38. The zero-order valence-electron chi connectivity index (χ0n) is 10.6. The Morgan fingerprint density at radius 2 is 2.06 bits per heavy atom. The van der Waals surface area contributed by atoms with E-state index in [-0.39, 0.29) is 12.1 Å². The van der Waals surface area contributed by atoms with E-state index < -0.39 is 0 Å². The topological polar surface area (TPSA) is 41.5 Å². The van der Waals surface area contributed by atoms with Crippen LogP contribution >= 0.6 is 15.9 Å². The lowest BCUT2D eigenvalue weighted by Gasteiger charge is -2.20. The number of aliphatic hydroxyl groups excluding tert-OH is 1. The number of hydrogen-bond acceptors (Lipinski definition) is 3. The molecule has 0 amide bonds. The third-order valence-electron chi connectivity index (χ3n) is 2.17. The van der Waals surface area contributed by atoms with Gasteiger partial charge in [0.1, 0.15) is 12.4 Å². The van der Waals surface area contributed by atoms with Crippen LogP contribution in [0.2, 0.25) is 0 Å². The first-order valence-corrected chi connectivity index (χ1v) is 6.49. The maximum atomic E-state index is 8.70. The SMILES string of the molecule is CC(C)(C)NCc1ccc(OCCO)c(Br)c1. The summed E-state index contributed by atoms with van der Waals surface area (Å²) >= 11 is 3.46. The fraction of sp³-hybridized carbons (Fsp3) is 0.538. The van der Waals surface area contributed by atoms with E-state index in [9.17, 15) is 0 Å². The van der Waals surface area contributed by atoms with E-state index in [1.165, 1.54) is 5.56 Å². The van der Waals surface area contributed by atoms with Crippen molar-refractivity contribution in [3.8, 4) is 5.75 Å². The van der Waals surface area contributed by atoms with Gasteiger partial charge in [0.25, 0.3) is 0 Å². The molecule has 1 aromatic rings. The van der Waals surface area contributed by atoms with Crippen molar-refractivity contribution in [1.82, 2.24) is 5.32 Å². The molecule has 17 heavy (non-hydrogen) atoms. The van der Waals surface area contributed by atoms with Crippen LogP contribution in [0.1, 0.15) is 26.3 Å². The van der Waals surface area contributed by atoms with E-state index in [1.54, 1.807) is 0 Å². The molecule has 0 unspecified atom stereocenters. The Morgan fingerprint density at radius 3 is 2.59 bits per heavy atom. The van der Waals surface area contributed by atoms with E-state index in [2.05, 4.69) is 42.0 Å². The Bertz CT molecular complexity index is 361. The highest BCUT2D eigenvalue weighted by molar-refractivity contribution is 9.10. The average Bonchev–Trinajstić information content (AvgIpc) is 2.24. The fourth-order valence-electron chi connectivity index (χ4n) is 1.29. The maximum absolute atomic E-state index is 8.70. The fourth-order valence-corrected chi connectivity index (χ4v) is 1.83. The summed E-state index contributed by atoms with van der Waals surface area (Å²) in [5.74, 6) is 0.763. The number of hydrogen-bond donors (Lipinski definition) is 2. The standard InChI is InChI=1S/C13H20BrNO2/c1-13(2,3)15-9-10-4-5-12(11(14)8-10)17-7-6-16/h4-5,8,15-16H,6-7,9H2,1-3H3. The van der Waals surface area contributed by atoms with Crippen molar-refractivity contribution in [3.05, 3.63) is 28.2 Å². The van der Waals surface area contributed by atoms with Crippen molar-refractivity contribution in [2.75, 3.05) is 13.2 Å². The zero-order valence-corrected chi connectivity index (χ0v) is 12.2. The van der Waals surface area contributed by atoms with Crippen LogP contribution in [0.3, 0.4) is 0 Å². The summed E-state index contributed by atoms with van der Waals surface area (Å²) in [4.78, 5) is 0. The second-order valence-corrected chi connectivity index (χ2v) is 5.79. The van der Waals surface area contributed by atoms with E-state index in [4.69, 9.17) is 9.84 Å². The summed E-state index contributed by atoms with van der Waals surface area (Å²) in [6, 6.07) is 5.97. The van der Waals surface area contributed by atoms with Gasteiger partial charge in [-0.3, -0.25) is 0 Å². The molecule has 0 atom stereocenters. The predicted octanol–water partition coefficient (Wildman–Crippen LogP) is 2.71. The molecule has 0 bridgehead atoms. The van der Waals surface area contributed by atoms with Crippen molar-refractivity contribution in [1.29, 1.82) is 0 Å². The lowest BCUT2D eigenvalue weighted by atomic mass is 10.1. The zero-order chi connectivity index (χ0) is 12.9. The van der Waals surface area contributed by atoms with Crippen molar-refractivity contribution in [2.45, 2.75) is 32.9 Å². The van der Waals surface area contributed by atoms with Gasteiger partial charge in [0, 0.05) is 12.1 Å². The molecule has 0 aromatic heterocycles. The van der Waals surface area contributed by atoms with Crippen LogP contribution in [-0.4, -0.2) is 23.9 Å². The Kier molecular flexibility index (Phi) is 5.43. The Labute approximate surface area is 111 Å². The second-order valence-electron chi connectivity index (χ2n) is 4.94. The molecular weight excluding hydrogens is 282 g/mol. The summed E-state index contributed by atoms with van der Waals surface area (Å²) in [5.41, 5.74) is 1.31. The van der Waals surface area contributed by atoms with Crippen LogP contribution in [0.5, 0.6) is 5.75 Å². The highest BCUT2D eigenvalue weighted by Gasteiger charge is 2.09. The van der Waals surface area contributed by atoms with Crippen LogP contribution in [-0.2, 0) is 6.54 Å². The van der Waals surface area contributed by atoms with Gasteiger partial charge < -0.3 is 15.2 Å². The molecule has 1 rings (SSSR count). The van der Waals surface area contributed by atoms with Gasteiger partial charge in [0.05, 0.1) is 11.1 Å². The maximum Gasteiger partial charge on any atom is 0.133 e. The van der Waals surface area contributed by atoms with Crippen molar-refractivity contribution in [3.63, 3.8) is 0 Å². The van der Waals surface area contributed by atoms with Gasteiger partial charge in [-0.2, -0.15) is 0 Å². The monoisotopic (exact) mass is 301 g/mol. The number of benzene rings is 1. The summed E-state index contributed by atoms with van der Waals surface area (Å²) in [6.45, 7) is 7.59. The van der Waals surface area contributed by atoms with Crippen LogP contribution in [0.25, 0.3) is 0 Å². The molecule has 0 spiro atoms. The van der Waals surface area contributed by atoms with Crippen LogP contribution < -0.4 is 10.1 Å². The van der Waals surface area contributed by atoms with E-state index >= 15 is 0 Å². The molecule has 0 fully saturated rings. The summed E-state index contributed by atoms with van der Waals surface area (Å²) < 4.78 is 6.28. The van der Waals surface area contributed by atoms with Crippen LogP contribution in [0.15, 0.2) is 22.7 Å². The molecule has 96 valence electrons. The number of halogens is 1. The molecule has 3 nitrogen and oxygen atoms in total. The summed E-state index contributed by atoms with van der Waals surface area (Å²) in [6.07, 6.45) is 0. The first-order chi connectivity index (χ1) is 7.92. The number of aliphatic hydroxyl groups is 1. The number of nitrogens with one attached hydrogen (secondary N) is 1. The van der Waals surface area contributed by atoms with Gasteiger partial charge in [-0.15, -0.1) is 0 Å². The molecule has 0 aliphatic heterocycles. The smallest absolute Gasteiger partial charge is 0.133 e. The van der Waals surface area contributed by atoms with Crippen LogP contribution in [0, 0.1) is 0 Å². The quantitative estimate of drug-likeness (QED) is 0.879. The third-order valence-corrected chi connectivity index (χ3v) is 2.79. The van der Waals surface area contributed by atoms with Crippen molar-refractivity contribution >= 4 is 15.9 Å². The number of ether oxygens (including phenoxy) is 1. The predicted molar refractivity (Wildman–Crippen MR) is 73.3 cm³/mol. The Morgan fingerprint density at radius 1 is 1.35 bits per heavy atom. The molecule has 0 saturated heterocycles. The molecule has 0 saturated carbocycles. The molecule has 0 aliphatic rings. The molecule has 1 aromatic carbocycles. The minimum absolute atomic E-state index is 0.0276. The summed E-state index contributed by atoms with van der Waals surface area (Å²) in [7, 11) is 0. The molecule has 0 radical (unpaired) electrons. The average molecular weight is 302 g/mol. The van der Waals surface area contributed by atoms with Crippen molar-refractivity contribution in [2.24, 2.45) is 0 Å². The van der Waals surface area contributed by atoms with E-state index in [0.29, 0.717) is 6.61 Å². The highest BCUT2D eigenvalue weighted by Crippen LogP contribution is 2.26. The van der Waals surface area contributed by atoms with Gasteiger partial charge in [0.15, 0.2) is 0 Å². The lowest BCUT2D eigenvalue weighted by molar-refractivity contribution is 0.200. The van der Waals surface area contributed by atoms with Gasteiger partial charge in [0.2, 0.25) is 0 Å². The molecule has 0 aliphatic carbocycles. The van der Waals surface area contributed by atoms with Gasteiger partial charge in [-0.25, -0.2) is 0 Å². The lowest BCUT2D eigenvalue weighted by Crippen LogP contribution is -2.35. The van der Waals surface area contributed by atoms with Crippen molar-refractivity contribution < 1.29 is 9.84 Å². The Hall–Kier alpha value is -0.580. The highest BCUT2D eigenvalue weighted by atomic mass is 79.9. The largest absolute Gasteiger partial charge is 0.490 e. The molecule has 2 N–H and O–H groups in total. The first kappa shape index (κ1) is 14.5. The van der Waals surface area contributed by atoms with E-state index in [1.807, 2.05) is 18.2 Å². The minimum atomic E-state index is 0.0276. The normalized spacial score (nSPS) is 11.6. The Balaban J connectivity index is 2.62. The molecule has 0 heterocycles. The number of rotatable bonds is 5. The van der Waals surface area contributed by atoms with Crippen LogP contribution in [0.4, 0.5) is 0 Å². The minimum Gasteiger partial charge on any atom is -0.490 e.